The molecule has 3 fully saturated rings. The quantitative estimate of drug-likeness (QED) is 0.242. The van der Waals surface area contributed by atoms with Crippen LogP contribution in [0, 0.1) is 40.9 Å². The van der Waals surface area contributed by atoms with Crippen molar-refractivity contribution in [2.45, 2.75) is 58.7 Å². The zero-order chi connectivity index (χ0) is 29.0. The summed E-state index contributed by atoms with van der Waals surface area (Å²) in [6.45, 7) is 6.31. The minimum Gasteiger partial charge on any atom is -0.388 e. The van der Waals surface area contributed by atoms with Gasteiger partial charge < -0.3 is 26.6 Å². The van der Waals surface area contributed by atoms with Gasteiger partial charge in [-0.2, -0.15) is 0 Å². The highest BCUT2D eigenvalue weighted by atomic mass is 16.3. The van der Waals surface area contributed by atoms with Crippen LogP contribution in [0.3, 0.4) is 0 Å². The van der Waals surface area contributed by atoms with Crippen LogP contribution in [-0.4, -0.2) is 46.7 Å². The number of nitrogens with one attached hydrogen (secondary N) is 2. The van der Waals surface area contributed by atoms with E-state index in [2.05, 4.69) is 43.2 Å². The summed E-state index contributed by atoms with van der Waals surface area (Å²) in [5.41, 5.74) is 8.23. The maximum Gasteiger partial charge on any atom is 0.251 e. The smallest absolute Gasteiger partial charge is 0.251 e. The van der Waals surface area contributed by atoms with Crippen LogP contribution in [0.5, 0.6) is 0 Å². The van der Waals surface area contributed by atoms with Crippen molar-refractivity contribution in [3.05, 3.63) is 65.2 Å². The van der Waals surface area contributed by atoms with Gasteiger partial charge in [-0.25, -0.2) is 0 Å². The fourth-order valence-corrected chi connectivity index (χ4v) is 6.34. The van der Waals surface area contributed by atoms with Crippen molar-refractivity contribution in [2.75, 3.05) is 11.9 Å². The van der Waals surface area contributed by atoms with Gasteiger partial charge in [0.2, 0.25) is 5.91 Å². The third-order valence-electron chi connectivity index (χ3n) is 9.05. The third kappa shape index (κ3) is 6.61. The summed E-state index contributed by atoms with van der Waals surface area (Å²) in [6.07, 6.45) is 2.44. The van der Waals surface area contributed by atoms with E-state index >= 15 is 0 Å². The number of carbonyl (C=O) groups excluding carboxylic acids is 3. The molecule has 0 spiro atoms. The van der Waals surface area contributed by atoms with Gasteiger partial charge in [-0.3, -0.25) is 14.4 Å². The number of hydrogen-bond acceptors (Lipinski definition) is 6. The van der Waals surface area contributed by atoms with Crippen LogP contribution in [-0.2, 0) is 9.59 Å². The Labute approximate surface area is 235 Å². The molecule has 2 aromatic rings. The maximum absolute atomic E-state index is 12.6. The number of hydrogen-bond donors (Lipinski definition) is 5. The molecule has 0 radical (unpaired) electrons. The Morgan fingerprint density at radius 1 is 1.02 bits per heavy atom. The second kappa shape index (κ2) is 12.3. The molecule has 40 heavy (non-hydrogen) atoms. The molecule has 0 aliphatic heterocycles. The molecule has 6 N–H and O–H groups in total. The van der Waals surface area contributed by atoms with Crippen LogP contribution in [0.2, 0.25) is 0 Å². The van der Waals surface area contributed by atoms with Gasteiger partial charge in [-0.15, -0.1) is 0 Å². The summed E-state index contributed by atoms with van der Waals surface area (Å²) in [4.78, 5) is 36.6. The highest BCUT2D eigenvalue weighted by Crippen LogP contribution is 2.63. The standard InChI is InChI=1S/C32H39N3O5/c1-19-23(16-24-17-26(19)32(24,2)3)12-15-28(38)34-25-13-8-21(9-14-25)5-4-20-6-10-22(11-7-20)31(40)35-29(30(33)39)27(37)18-36/h6-11,13-14,19,23-24,26,29-30,36,39H,12,15-18,33H2,1-3H3,(H,34,38)(H,35,40)/t19-,23+,24?,26+,29-,30+/m1/s1. The monoisotopic (exact) mass is 545 g/mol. The second-order valence-corrected chi connectivity index (χ2v) is 11.8. The molecule has 2 amide bonds. The van der Waals surface area contributed by atoms with Crippen LogP contribution >= 0.6 is 0 Å². The number of Topliss-reactive ketones (excluding diaryl/α,β-unsaturated/α-hetero) is 1. The van der Waals surface area contributed by atoms with Gasteiger partial charge in [0.1, 0.15) is 18.9 Å². The number of fused-ring (bicyclic) bond motifs is 2. The number of anilines is 1. The lowest BCUT2D eigenvalue weighted by Gasteiger charge is -2.62. The molecule has 3 aliphatic rings. The Kier molecular flexibility index (Phi) is 9.09. The number of amides is 2. The lowest BCUT2D eigenvalue weighted by Crippen LogP contribution is -2.54. The second-order valence-electron chi connectivity index (χ2n) is 11.8. The molecule has 2 bridgehead atoms. The molecule has 5 rings (SSSR count). The van der Waals surface area contributed by atoms with Gasteiger partial charge in [-0.1, -0.05) is 32.6 Å². The molecule has 0 saturated heterocycles. The zero-order valence-corrected chi connectivity index (χ0v) is 23.3. The Balaban J connectivity index is 1.26. The first-order chi connectivity index (χ1) is 19.0. The van der Waals surface area contributed by atoms with E-state index in [9.17, 15) is 19.5 Å². The Hall–Kier alpha value is -3.51. The summed E-state index contributed by atoms with van der Waals surface area (Å²) in [5.74, 6) is 7.65. The normalized spacial score (nSPS) is 23.9. The molecule has 212 valence electrons. The van der Waals surface area contributed by atoms with Crippen molar-refractivity contribution < 1.29 is 24.6 Å². The van der Waals surface area contributed by atoms with E-state index < -0.39 is 30.6 Å². The molecule has 3 saturated carbocycles. The molecular weight excluding hydrogens is 506 g/mol. The van der Waals surface area contributed by atoms with Crippen molar-refractivity contribution in [3.63, 3.8) is 0 Å². The van der Waals surface area contributed by atoms with Crippen LogP contribution in [0.15, 0.2) is 48.5 Å². The Morgan fingerprint density at radius 2 is 1.62 bits per heavy atom. The van der Waals surface area contributed by atoms with Gasteiger partial charge >= 0.3 is 0 Å². The fraction of sp³-hybridized carbons (Fsp3) is 0.469. The van der Waals surface area contributed by atoms with Crippen LogP contribution in [0.1, 0.15) is 67.9 Å². The highest BCUT2D eigenvalue weighted by molar-refractivity contribution is 5.98. The van der Waals surface area contributed by atoms with E-state index in [0.717, 1.165) is 29.5 Å². The lowest BCUT2D eigenvalue weighted by atomic mass is 9.43. The van der Waals surface area contributed by atoms with Crippen molar-refractivity contribution in [2.24, 2.45) is 34.8 Å². The minimum absolute atomic E-state index is 0.0432. The van der Waals surface area contributed by atoms with Crippen molar-refractivity contribution >= 4 is 23.3 Å². The predicted molar refractivity (Wildman–Crippen MR) is 153 cm³/mol. The SMILES string of the molecule is C[C@@H]1[C@@H](CCC(=O)Nc2ccc(C#Cc3ccc(C(=O)N[C@H](C(=O)CO)[C@@H](N)O)cc3)cc2)CC2C[C@@H]1C2(C)C. The average molecular weight is 546 g/mol. The lowest BCUT2D eigenvalue weighted by molar-refractivity contribution is -0.132. The van der Waals surface area contributed by atoms with Crippen molar-refractivity contribution in [1.29, 1.82) is 0 Å². The molecular formula is C32H39N3O5. The summed E-state index contributed by atoms with van der Waals surface area (Å²) in [7, 11) is 0. The number of aliphatic hydroxyl groups is 2. The van der Waals surface area contributed by atoms with E-state index in [0.29, 0.717) is 29.2 Å². The zero-order valence-electron chi connectivity index (χ0n) is 23.3. The molecule has 8 nitrogen and oxygen atoms in total. The van der Waals surface area contributed by atoms with Crippen LogP contribution in [0.25, 0.3) is 0 Å². The van der Waals surface area contributed by atoms with Gasteiger partial charge in [0.25, 0.3) is 5.91 Å². The first-order valence-corrected chi connectivity index (χ1v) is 13.9. The Morgan fingerprint density at radius 3 is 2.15 bits per heavy atom. The average Bonchev–Trinajstić information content (AvgIpc) is 2.94. The van der Waals surface area contributed by atoms with E-state index in [1.165, 1.54) is 12.8 Å². The molecule has 1 unspecified atom stereocenters. The summed E-state index contributed by atoms with van der Waals surface area (Å²) < 4.78 is 0. The number of rotatable bonds is 9. The summed E-state index contributed by atoms with van der Waals surface area (Å²) >= 11 is 0. The third-order valence-corrected chi connectivity index (χ3v) is 9.05. The maximum atomic E-state index is 12.6. The first-order valence-electron chi connectivity index (χ1n) is 13.9. The summed E-state index contributed by atoms with van der Waals surface area (Å²) in [5, 5.41) is 23.8. The topological polar surface area (TPSA) is 142 Å². The molecule has 2 aromatic carbocycles. The van der Waals surface area contributed by atoms with E-state index in [-0.39, 0.29) is 11.5 Å². The van der Waals surface area contributed by atoms with Gasteiger partial charge in [0.15, 0.2) is 5.78 Å². The highest BCUT2D eigenvalue weighted by Gasteiger charge is 2.55. The number of aliphatic hydroxyl groups excluding tert-OH is 2. The molecule has 0 heterocycles. The van der Waals surface area contributed by atoms with Crippen molar-refractivity contribution in [1.82, 2.24) is 5.32 Å². The number of carbonyl (C=O) groups is 3. The Bertz CT molecular complexity index is 1290. The van der Waals surface area contributed by atoms with Crippen LogP contribution < -0.4 is 16.4 Å². The first kappa shape index (κ1) is 29.5. The van der Waals surface area contributed by atoms with Crippen molar-refractivity contribution in [3.8, 4) is 11.8 Å². The molecule has 3 aliphatic carbocycles. The van der Waals surface area contributed by atoms with Gasteiger partial charge in [0.05, 0.1) is 0 Å². The predicted octanol–water partition coefficient (Wildman–Crippen LogP) is 3.06. The molecule has 8 heteroatoms. The number of nitrogens with two attached hydrogens (primary N) is 1. The molecule has 6 atom stereocenters. The number of ketones is 1. The van der Waals surface area contributed by atoms with Gasteiger partial charge in [0, 0.05) is 28.8 Å². The summed E-state index contributed by atoms with van der Waals surface area (Å²) in [6, 6.07) is 12.4. The largest absolute Gasteiger partial charge is 0.388 e. The fourth-order valence-electron chi connectivity index (χ4n) is 6.34. The minimum atomic E-state index is -1.63. The number of benzene rings is 2. The van der Waals surface area contributed by atoms with E-state index in [1.807, 2.05) is 24.3 Å². The van der Waals surface area contributed by atoms with E-state index in [4.69, 9.17) is 10.8 Å². The molecule has 0 aromatic heterocycles. The van der Waals surface area contributed by atoms with E-state index in [1.54, 1.807) is 24.3 Å². The van der Waals surface area contributed by atoms with Gasteiger partial charge in [-0.05, 0) is 96.9 Å². The van der Waals surface area contributed by atoms with Crippen LogP contribution in [0.4, 0.5) is 5.69 Å².